The zero-order valence-corrected chi connectivity index (χ0v) is 14.0. The van der Waals surface area contributed by atoms with Crippen molar-refractivity contribution in [3.05, 3.63) is 41.2 Å². The molecule has 0 aliphatic carbocycles. The van der Waals surface area contributed by atoms with Gasteiger partial charge in [-0.15, -0.1) is 11.8 Å². The number of hydrogen-bond acceptors (Lipinski definition) is 6. The largest absolute Gasteiger partial charge is 0.354 e. The molecule has 1 aromatic heterocycles. The first-order valence-corrected chi connectivity index (χ1v) is 8.86. The lowest BCUT2D eigenvalue weighted by atomic mass is 10.1. The third-order valence-electron chi connectivity index (χ3n) is 4.49. The Bertz CT molecular complexity index is 703. The van der Waals surface area contributed by atoms with E-state index in [4.69, 9.17) is 11.5 Å². The van der Waals surface area contributed by atoms with E-state index in [0.29, 0.717) is 0 Å². The number of hydrogen-bond donors (Lipinski definition) is 2. The first-order valence-electron chi connectivity index (χ1n) is 7.98. The fraction of sp³-hybridized carbons (Fsp3) is 0.438. The van der Waals surface area contributed by atoms with Crippen molar-refractivity contribution in [2.24, 2.45) is 18.5 Å². The van der Waals surface area contributed by atoms with Crippen LogP contribution in [0.1, 0.15) is 12.8 Å². The van der Waals surface area contributed by atoms with E-state index in [2.05, 4.69) is 39.3 Å². The van der Waals surface area contributed by atoms with Crippen molar-refractivity contribution in [1.82, 2.24) is 9.78 Å². The van der Waals surface area contributed by atoms with E-state index in [1.165, 1.54) is 4.91 Å². The summed E-state index contributed by atoms with van der Waals surface area (Å²) in [5.41, 5.74) is 14.5. The van der Waals surface area contributed by atoms with E-state index in [1.54, 1.807) is 11.8 Å². The van der Waals surface area contributed by atoms with E-state index in [9.17, 15) is 0 Å². The number of aryl methyl sites for hydroxylation is 1. The molecule has 1 aromatic rings. The van der Waals surface area contributed by atoms with E-state index in [1.807, 2.05) is 17.9 Å². The van der Waals surface area contributed by atoms with Crippen LogP contribution in [0, 0.1) is 0 Å². The molecule has 7 heteroatoms. The zero-order chi connectivity index (χ0) is 16.0. The number of nitrogens with zero attached hydrogens (tertiary/aromatic N) is 4. The summed E-state index contributed by atoms with van der Waals surface area (Å²) in [5.74, 6) is 1.12. The van der Waals surface area contributed by atoms with Crippen LogP contribution in [0.3, 0.4) is 0 Å². The molecule has 6 nitrogen and oxygen atoms in total. The fourth-order valence-electron chi connectivity index (χ4n) is 3.47. The average molecular weight is 330 g/mol. The molecule has 0 radical (unpaired) electrons. The molecule has 0 bridgehead atoms. The predicted octanol–water partition coefficient (Wildman–Crippen LogP) is 1.48. The summed E-state index contributed by atoms with van der Waals surface area (Å²) in [6, 6.07) is 0.230. The highest BCUT2D eigenvalue weighted by Gasteiger charge is 2.30. The van der Waals surface area contributed by atoms with Crippen molar-refractivity contribution in [3.63, 3.8) is 0 Å². The van der Waals surface area contributed by atoms with Gasteiger partial charge in [-0.25, -0.2) is 0 Å². The molecular weight excluding hydrogens is 308 g/mol. The first kappa shape index (κ1) is 14.9. The van der Waals surface area contributed by atoms with Gasteiger partial charge in [0.25, 0.3) is 0 Å². The van der Waals surface area contributed by atoms with Gasteiger partial charge in [0.1, 0.15) is 5.69 Å². The van der Waals surface area contributed by atoms with Crippen molar-refractivity contribution in [2.75, 3.05) is 22.9 Å². The second-order valence-corrected chi connectivity index (χ2v) is 7.42. The van der Waals surface area contributed by atoms with Crippen LogP contribution in [-0.2, 0) is 7.05 Å². The number of allylic oxidation sites excluding steroid dienone is 2. The topological polar surface area (TPSA) is 76.3 Å². The minimum atomic E-state index is 0.0159. The first-order chi connectivity index (χ1) is 11.1. The van der Waals surface area contributed by atoms with Gasteiger partial charge in [-0.3, -0.25) is 4.68 Å². The summed E-state index contributed by atoms with van der Waals surface area (Å²) in [5, 5.41) is 4.52. The van der Waals surface area contributed by atoms with Gasteiger partial charge in [-0.1, -0.05) is 0 Å². The lowest BCUT2D eigenvalue weighted by Gasteiger charge is -2.35. The Labute approximate surface area is 140 Å². The van der Waals surface area contributed by atoms with Gasteiger partial charge in [0.15, 0.2) is 5.82 Å². The molecule has 122 valence electrons. The Morgan fingerprint density at radius 1 is 1.35 bits per heavy atom. The maximum absolute atomic E-state index is 6.17. The molecule has 3 aliphatic heterocycles. The molecule has 1 saturated heterocycles. The second kappa shape index (κ2) is 5.74. The normalized spacial score (nSPS) is 27.1. The van der Waals surface area contributed by atoms with Crippen LogP contribution in [0.4, 0.5) is 11.5 Å². The van der Waals surface area contributed by atoms with Gasteiger partial charge < -0.3 is 21.3 Å². The number of nitrogens with two attached hydrogens (primary N) is 2. The number of fused-ring (bicyclic) bond motifs is 1. The van der Waals surface area contributed by atoms with Crippen LogP contribution in [0.25, 0.3) is 0 Å². The Kier molecular flexibility index (Phi) is 3.71. The van der Waals surface area contributed by atoms with Gasteiger partial charge in [-0.05, 0) is 31.1 Å². The van der Waals surface area contributed by atoms with Crippen molar-refractivity contribution >= 4 is 23.3 Å². The smallest absolute Gasteiger partial charge is 0.151 e. The summed E-state index contributed by atoms with van der Waals surface area (Å²) in [7, 11) is 1.99. The average Bonchev–Trinajstić information content (AvgIpc) is 3.08. The molecule has 4 heterocycles. The fourth-order valence-corrected chi connectivity index (χ4v) is 4.40. The highest BCUT2D eigenvalue weighted by atomic mass is 32.2. The molecule has 4 N–H and O–H groups in total. The van der Waals surface area contributed by atoms with Crippen LogP contribution in [-0.4, -0.2) is 34.3 Å². The monoisotopic (exact) mass is 330 g/mol. The number of piperidine rings is 1. The van der Waals surface area contributed by atoms with Crippen LogP contribution in [0.5, 0.6) is 0 Å². The summed E-state index contributed by atoms with van der Waals surface area (Å²) in [6.07, 6.45) is 12.5. The third-order valence-corrected chi connectivity index (χ3v) is 5.49. The quantitative estimate of drug-likeness (QED) is 0.855. The van der Waals surface area contributed by atoms with Gasteiger partial charge in [0.2, 0.25) is 0 Å². The highest BCUT2D eigenvalue weighted by Crippen LogP contribution is 2.43. The summed E-state index contributed by atoms with van der Waals surface area (Å²) in [4.78, 5) is 5.76. The predicted molar refractivity (Wildman–Crippen MR) is 96.0 cm³/mol. The second-order valence-electron chi connectivity index (χ2n) is 6.20. The minimum absolute atomic E-state index is 0.0159. The third kappa shape index (κ3) is 2.58. The van der Waals surface area contributed by atoms with Crippen LogP contribution in [0.2, 0.25) is 0 Å². The van der Waals surface area contributed by atoms with Crippen molar-refractivity contribution in [2.45, 2.75) is 24.3 Å². The van der Waals surface area contributed by atoms with Crippen LogP contribution in [0.15, 0.2) is 41.2 Å². The van der Waals surface area contributed by atoms with E-state index in [0.717, 1.165) is 43.1 Å². The van der Waals surface area contributed by atoms with Gasteiger partial charge in [-0.2, -0.15) is 5.10 Å². The van der Waals surface area contributed by atoms with E-state index < -0.39 is 0 Å². The molecule has 0 saturated carbocycles. The molecule has 23 heavy (non-hydrogen) atoms. The lowest BCUT2D eigenvalue weighted by molar-refractivity contribution is 0.497. The lowest BCUT2D eigenvalue weighted by Crippen LogP contribution is -2.44. The van der Waals surface area contributed by atoms with Gasteiger partial charge >= 0.3 is 0 Å². The highest BCUT2D eigenvalue weighted by molar-refractivity contribution is 8.04. The summed E-state index contributed by atoms with van der Waals surface area (Å²) >= 11 is 1.69. The Hall–Kier alpha value is -1.70. The summed E-state index contributed by atoms with van der Waals surface area (Å²) in [6.45, 7) is 1.90. The number of rotatable bonds is 2. The molecule has 2 atom stereocenters. The maximum atomic E-state index is 6.17. The Morgan fingerprint density at radius 3 is 3.04 bits per heavy atom. The summed E-state index contributed by atoms with van der Waals surface area (Å²) < 4.78 is 1.95. The minimum Gasteiger partial charge on any atom is -0.354 e. The molecule has 0 spiro atoms. The van der Waals surface area contributed by atoms with E-state index >= 15 is 0 Å². The van der Waals surface area contributed by atoms with Crippen LogP contribution >= 0.6 is 11.8 Å². The van der Waals surface area contributed by atoms with Crippen molar-refractivity contribution in [3.8, 4) is 0 Å². The van der Waals surface area contributed by atoms with Crippen LogP contribution < -0.4 is 21.3 Å². The standard InChI is InChI=1S/C16H22N6S/c1-20-16(21-6-2-4-11(17)10-21)13(9-19-20)22-7-3-5-14-12(22)8-15(18)23-14/h3,5,7-9,11,15H,2,4,6,10,17-18H2,1H3/t11-,15?/m0/s1. The molecule has 3 aliphatic rings. The van der Waals surface area contributed by atoms with Gasteiger partial charge in [0.05, 0.1) is 17.3 Å². The Balaban J connectivity index is 1.72. The molecule has 0 aromatic carbocycles. The maximum Gasteiger partial charge on any atom is 0.151 e. The SMILES string of the molecule is Cn1ncc(N2C=CC=C3SC(N)C=C32)c1N1CCC[C@H](N)C1. The molecular formula is C16H22N6S. The molecule has 1 fully saturated rings. The molecule has 1 unspecified atom stereocenters. The van der Waals surface area contributed by atoms with Crippen molar-refractivity contribution in [1.29, 1.82) is 0 Å². The molecule has 0 amide bonds. The van der Waals surface area contributed by atoms with Crippen molar-refractivity contribution < 1.29 is 0 Å². The molecule has 4 rings (SSSR count). The van der Waals surface area contributed by atoms with Gasteiger partial charge in [0, 0.05) is 37.3 Å². The zero-order valence-electron chi connectivity index (χ0n) is 13.2. The van der Waals surface area contributed by atoms with E-state index in [-0.39, 0.29) is 11.4 Å². The number of aromatic nitrogens is 2. The Morgan fingerprint density at radius 2 is 2.22 bits per heavy atom. The number of thioether (sulfide) groups is 1. The number of anilines is 2.